The van der Waals surface area contributed by atoms with Gasteiger partial charge in [0.1, 0.15) is 5.82 Å². The van der Waals surface area contributed by atoms with Crippen LogP contribution in [0.4, 0.5) is 4.39 Å². The van der Waals surface area contributed by atoms with Crippen LogP contribution in [0.2, 0.25) is 5.28 Å². The molecule has 0 saturated carbocycles. The van der Waals surface area contributed by atoms with Gasteiger partial charge in [0.05, 0.1) is 24.2 Å². The van der Waals surface area contributed by atoms with E-state index in [4.69, 9.17) is 16.3 Å². The topological polar surface area (TPSA) is 52.1 Å². The smallest absolute Gasteiger partial charge is 0.311 e. The number of esters is 1. The maximum atomic E-state index is 13.1. The number of halogens is 2. The second-order valence-corrected chi connectivity index (χ2v) is 3.92. The Hall–Kier alpha value is -1.75. The van der Waals surface area contributed by atoms with E-state index in [9.17, 15) is 9.18 Å². The van der Waals surface area contributed by atoms with Gasteiger partial charge in [-0.05, 0) is 30.7 Å². The molecule has 2 rings (SSSR count). The van der Waals surface area contributed by atoms with E-state index in [1.807, 2.05) is 0 Å². The van der Waals surface area contributed by atoms with E-state index >= 15 is 0 Å². The van der Waals surface area contributed by atoms with Gasteiger partial charge in [-0.1, -0.05) is 0 Å². The molecule has 0 N–H and O–H groups in total. The minimum absolute atomic E-state index is 0.0157. The number of fused-ring (bicyclic) bond motifs is 1. The summed E-state index contributed by atoms with van der Waals surface area (Å²) in [6, 6.07) is 4.06. The Labute approximate surface area is 108 Å². The van der Waals surface area contributed by atoms with Gasteiger partial charge < -0.3 is 4.74 Å². The Balaban J connectivity index is 2.46. The number of nitrogens with zero attached hydrogens (tertiary/aromatic N) is 2. The minimum Gasteiger partial charge on any atom is -0.466 e. The van der Waals surface area contributed by atoms with Crippen molar-refractivity contribution >= 4 is 28.5 Å². The van der Waals surface area contributed by atoms with Gasteiger partial charge in [0.25, 0.3) is 0 Å². The zero-order chi connectivity index (χ0) is 13.1. The predicted molar refractivity (Wildman–Crippen MR) is 64.8 cm³/mol. The second kappa shape index (κ2) is 5.27. The highest BCUT2D eigenvalue weighted by molar-refractivity contribution is 6.28. The maximum absolute atomic E-state index is 13.1. The van der Waals surface area contributed by atoms with Crippen LogP contribution in [0.25, 0.3) is 10.9 Å². The number of rotatable bonds is 3. The third-order valence-electron chi connectivity index (χ3n) is 2.33. The molecule has 0 unspecified atom stereocenters. The zero-order valence-corrected chi connectivity index (χ0v) is 10.4. The average Bonchev–Trinajstić information content (AvgIpc) is 2.28. The van der Waals surface area contributed by atoms with Crippen LogP contribution in [0.1, 0.15) is 12.6 Å². The molecule has 1 aromatic heterocycles. The van der Waals surface area contributed by atoms with E-state index in [0.29, 0.717) is 23.2 Å². The molecule has 4 nitrogen and oxygen atoms in total. The lowest BCUT2D eigenvalue weighted by Crippen LogP contribution is -2.09. The fourth-order valence-electron chi connectivity index (χ4n) is 1.62. The van der Waals surface area contributed by atoms with E-state index in [-0.39, 0.29) is 11.7 Å². The number of ether oxygens (including phenoxy) is 1. The van der Waals surface area contributed by atoms with Gasteiger partial charge in [-0.3, -0.25) is 4.79 Å². The van der Waals surface area contributed by atoms with Gasteiger partial charge in [-0.25, -0.2) is 14.4 Å². The van der Waals surface area contributed by atoms with Gasteiger partial charge >= 0.3 is 5.97 Å². The lowest BCUT2D eigenvalue weighted by atomic mass is 10.1. The Bertz CT molecular complexity index is 599. The quantitative estimate of drug-likeness (QED) is 0.634. The lowest BCUT2D eigenvalue weighted by molar-refractivity contribution is -0.142. The van der Waals surface area contributed by atoms with Gasteiger partial charge in [-0.15, -0.1) is 0 Å². The Morgan fingerprint density at radius 3 is 2.94 bits per heavy atom. The number of hydrogen-bond donors (Lipinski definition) is 0. The van der Waals surface area contributed by atoms with E-state index in [0.717, 1.165) is 0 Å². The highest BCUT2D eigenvalue weighted by Gasteiger charge is 2.12. The zero-order valence-electron chi connectivity index (χ0n) is 9.61. The van der Waals surface area contributed by atoms with Crippen molar-refractivity contribution in [3.63, 3.8) is 0 Å². The fourth-order valence-corrected chi connectivity index (χ4v) is 1.81. The Morgan fingerprint density at radius 1 is 1.44 bits per heavy atom. The van der Waals surface area contributed by atoms with E-state index < -0.39 is 11.8 Å². The van der Waals surface area contributed by atoms with Crippen LogP contribution >= 0.6 is 11.6 Å². The average molecular weight is 269 g/mol. The molecule has 0 aliphatic rings. The molecular weight excluding hydrogens is 259 g/mol. The number of carbonyl (C=O) groups excluding carboxylic acids is 1. The molecule has 0 aliphatic heterocycles. The van der Waals surface area contributed by atoms with E-state index in [1.54, 1.807) is 6.92 Å². The first-order valence-corrected chi connectivity index (χ1v) is 5.75. The molecule has 0 atom stereocenters. The number of carbonyl (C=O) groups is 1. The molecule has 1 aromatic carbocycles. The molecule has 1 heterocycles. The normalized spacial score (nSPS) is 10.6. The summed E-state index contributed by atoms with van der Waals surface area (Å²) in [5, 5.41) is 0.571. The maximum Gasteiger partial charge on any atom is 0.311 e. The van der Waals surface area contributed by atoms with Crippen molar-refractivity contribution < 1.29 is 13.9 Å². The lowest BCUT2D eigenvalue weighted by Gasteiger charge is -2.06. The van der Waals surface area contributed by atoms with Crippen LogP contribution < -0.4 is 0 Å². The monoisotopic (exact) mass is 268 g/mol. The summed E-state index contributed by atoms with van der Waals surface area (Å²) < 4.78 is 17.9. The highest BCUT2D eigenvalue weighted by Crippen LogP contribution is 2.19. The van der Waals surface area contributed by atoms with Crippen LogP contribution in [0.15, 0.2) is 18.2 Å². The predicted octanol–water partition coefficient (Wildman–Crippen LogP) is 2.53. The van der Waals surface area contributed by atoms with Gasteiger partial charge in [-0.2, -0.15) is 0 Å². The molecular formula is C12H10ClFN2O2. The van der Waals surface area contributed by atoms with Crippen LogP contribution in [-0.4, -0.2) is 22.5 Å². The summed E-state index contributed by atoms with van der Waals surface area (Å²) in [7, 11) is 0. The molecule has 0 spiro atoms. The van der Waals surface area contributed by atoms with Crippen LogP contribution in [0, 0.1) is 5.82 Å². The Kier molecular flexibility index (Phi) is 3.72. The largest absolute Gasteiger partial charge is 0.466 e. The molecule has 0 aliphatic carbocycles. The van der Waals surface area contributed by atoms with E-state index in [1.165, 1.54) is 18.2 Å². The van der Waals surface area contributed by atoms with Crippen LogP contribution in [0.5, 0.6) is 0 Å². The van der Waals surface area contributed by atoms with E-state index in [2.05, 4.69) is 9.97 Å². The summed E-state index contributed by atoms with van der Waals surface area (Å²) >= 11 is 5.74. The summed E-state index contributed by atoms with van der Waals surface area (Å²) in [6.45, 7) is 2.02. The third kappa shape index (κ3) is 2.73. The summed E-state index contributed by atoms with van der Waals surface area (Å²) in [6.07, 6.45) is -0.0157. The van der Waals surface area contributed by atoms with Crippen molar-refractivity contribution in [3.8, 4) is 0 Å². The van der Waals surface area contributed by atoms with Crippen LogP contribution in [0.3, 0.4) is 0 Å². The highest BCUT2D eigenvalue weighted by atomic mass is 35.5. The minimum atomic E-state index is -0.417. The van der Waals surface area contributed by atoms with Crippen molar-refractivity contribution in [2.75, 3.05) is 6.61 Å². The third-order valence-corrected chi connectivity index (χ3v) is 2.50. The van der Waals surface area contributed by atoms with Gasteiger partial charge in [0.2, 0.25) is 5.28 Å². The standard InChI is InChI=1S/C12H10ClFN2O2/c1-2-18-11(17)6-10-8-4-3-7(14)5-9(8)15-12(13)16-10/h3-5H,2,6H2,1H3. The number of aromatic nitrogens is 2. The summed E-state index contributed by atoms with van der Waals surface area (Å²) in [5.74, 6) is -0.822. The summed E-state index contributed by atoms with van der Waals surface area (Å²) in [4.78, 5) is 19.3. The SMILES string of the molecule is CCOC(=O)Cc1nc(Cl)nc2cc(F)ccc12. The van der Waals surface area contributed by atoms with Crippen molar-refractivity contribution in [2.24, 2.45) is 0 Å². The molecule has 0 fully saturated rings. The first-order chi connectivity index (χ1) is 8.60. The molecule has 6 heteroatoms. The summed E-state index contributed by atoms with van der Waals surface area (Å²) in [5.41, 5.74) is 0.803. The molecule has 2 aromatic rings. The molecule has 94 valence electrons. The molecule has 0 radical (unpaired) electrons. The van der Waals surface area contributed by atoms with Crippen molar-refractivity contribution in [2.45, 2.75) is 13.3 Å². The van der Waals surface area contributed by atoms with Crippen LogP contribution in [-0.2, 0) is 16.0 Å². The molecule has 0 saturated heterocycles. The number of benzene rings is 1. The molecule has 18 heavy (non-hydrogen) atoms. The van der Waals surface area contributed by atoms with Crippen molar-refractivity contribution in [1.82, 2.24) is 9.97 Å². The molecule has 0 amide bonds. The second-order valence-electron chi connectivity index (χ2n) is 3.58. The first kappa shape index (κ1) is 12.7. The van der Waals surface area contributed by atoms with Crippen molar-refractivity contribution in [3.05, 3.63) is 35.0 Å². The Morgan fingerprint density at radius 2 is 2.22 bits per heavy atom. The van der Waals surface area contributed by atoms with Gasteiger partial charge in [0.15, 0.2) is 0 Å². The molecule has 0 bridgehead atoms. The van der Waals surface area contributed by atoms with Gasteiger partial charge in [0, 0.05) is 11.5 Å². The van der Waals surface area contributed by atoms with Crippen molar-refractivity contribution in [1.29, 1.82) is 0 Å². The fraction of sp³-hybridized carbons (Fsp3) is 0.250. The first-order valence-electron chi connectivity index (χ1n) is 5.37. The number of hydrogen-bond acceptors (Lipinski definition) is 4.